The molecule has 1 amide bonds. The van der Waals surface area contributed by atoms with Crippen molar-refractivity contribution < 1.29 is 15.0 Å². The molecule has 0 aromatic carbocycles. The summed E-state index contributed by atoms with van der Waals surface area (Å²) in [5, 5.41) is 21.7. The zero-order valence-corrected chi connectivity index (χ0v) is 12.6. The highest BCUT2D eigenvalue weighted by molar-refractivity contribution is 5.92. The van der Waals surface area contributed by atoms with Crippen LogP contribution in [0, 0.1) is 5.92 Å². The number of hydrogen-bond donors (Lipinski definition) is 3. The molecule has 1 unspecified atom stereocenters. The lowest BCUT2D eigenvalue weighted by Crippen LogP contribution is -2.42. The molecule has 1 saturated carbocycles. The molecule has 0 spiro atoms. The minimum absolute atomic E-state index is 0.138. The third kappa shape index (κ3) is 3.55. The molecule has 0 bridgehead atoms. The summed E-state index contributed by atoms with van der Waals surface area (Å²) in [5.41, 5.74) is 1.67. The van der Waals surface area contributed by atoms with Crippen molar-refractivity contribution in [1.29, 1.82) is 0 Å². The molecule has 0 radical (unpaired) electrons. The van der Waals surface area contributed by atoms with E-state index >= 15 is 0 Å². The van der Waals surface area contributed by atoms with Crippen LogP contribution in [0.25, 0.3) is 0 Å². The number of carbonyl (C=O) groups is 1. The maximum absolute atomic E-state index is 12.5. The number of carbonyl (C=O) groups excluding carboxylic acids is 1. The lowest BCUT2D eigenvalue weighted by atomic mass is 9.76. The Hall–Kier alpha value is -2.31. The van der Waals surface area contributed by atoms with Crippen molar-refractivity contribution in [2.24, 2.45) is 5.92 Å². The number of aliphatic hydroxyl groups is 2. The number of nitrogens with zero attached hydrogens (tertiary/aromatic N) is 2. The van der Waals surface area contributed by atoms with Gasteiger partial charge in [-0.3, -0.25) is 14.8 Å². The van der Waals surface area contributed by atoms with Crippen molar-refractivity contribution >= 4 is 5.91 Å². The number of hydrogen-bond acceptors (Lipinski definition) is 5. The van der Waals surface area contributed by atoms with Gasteiger partial charge in [-0.2, -0.15) is 0 Å². The summed E-state index contributed by atoms with van der Waals surface area (Å²) in [6, 6.07) is 8.54. The maximum Gasteiger partial charge on any atom is 0.270 e. The number of rotatable bonds is 5. The highest BCUT2D eigenvalue weighted by atomic mass is 16.3. The second-order valence-electron chi connectivity index (χ2n) is 5.80. The average molecular weight is 313 g/mol. The van der Waals surface area contributed by atoms with Crippen molar-refractivity contribution in [3.8, 4) is 0 Å². The maximum atomic E-state index is 12.5. The van der Waals surface area contributed by atoms with Crippen LogP contribution in [0.4, 0.5) is 0 Å². The van der Waals surface area contributed by atoms with E-state index in [1.807, 2.05) is 18.2 Å². The first kappa shape index (κ1) is 15.6. The minimum Gasteiger partial charge on any atom is -0.393 e. The quantitative estimate of drug-likeness (QED) is 0.771. The van der Waals surface area contributed by atoms with E-state index in [0.717, 1.165) is 5.69 Å². The molecule has 1 fully saturated rings. The average Bonchev–Trinajstić information content (AvgIpc) is 2.58. The van der Waals surface area contributed by atoms with E-state index in [-0.39, 0.29) is 36.3 Å². The van der Waals surface area contributed by atoms with E-state index in [4.69, 9.17) is 0 Å². The topological polar surface area (TPSA) is 95.3 Å². The molecule has 6 nitrogen and oxygen atoms in total. The number of pyridine rings is 2. The normalized spacial score (nSPS) is 21.3. The Balaban J connectivity index is 1.79. The standard InChI is InChI=1S/C17H19N3O3/c21-10-11-4-6-19-15(7-11)17(23)20-16(12-8-13(22)9-12)14-3-1-2-5-18-14/h1-7,12-13,16,21-22H,8-10H2,(H,20,23). The van der Waals surface area contributed by atoms with Gasteiger partial charge in [0.15, 0.2) is 0 Å². The van der Waals surface area contributed by atoms with E-state index in [1.54, 1.807) is 18.3 Å². The molecule has 23 heavy (non-hydrogen) atoms. The monoisotopic (exact) mass is 313 g/mol. The molecule has 3 rings (SSSR count). The molecule has 1 atom stereocenters. The van der Waals surface area contributed by atoms with Gasteiger partial charge in [0, 0.05) is 12.4 Å². The predicted molar refractivity (Wildman–Crippen MR) is 83.3 cm³/mol. The first-order valence-electron chi connectivity index (χ1n) is 7.63. The van der Waals surface area contributed by atoms with Crippen LogP contribution in [-0.2, 0) is 6.61 Å². The highest BCUT2D eigenvalue weighted by Gasteiger charge is 2.36. The number of aromatic nitrogens is 2. The summed E-state index contributed by atoms with van der Waals surface area (Å²) < 4.78 is 0. The fraction of sp³-hybridized carbons (Fsp3) is 0.353. The van der Waals surface area contributed by atoms with Gasteiger partial charge in [-0.25, -0.2) is 0 Å². The van der Waals surface area contributed by atoms with Crippen LogP contribution >= 0.6 is 0 Å². The molecule has 120 valence electrons. The Bertz CT molecular complexity index is 672. The van der Waals surface area contributed by atoms with Crippen LogP contribution < -0.4 is 5.32 Å². The summed E-state index contributed by atoms with van der Waals surface area (Å²) in [6.07, 6.45) is 4.17. The summed E-state index contributed by atoms with van der Waals surface area (Å²) >= 11 is 0. The SMILES string of the molecule is O=C(NC(c1ccccn1)C1CC(O)C1)c1cc(CO)ccn1. The van der Waals surface area contributed by atoms with E-state index in [9.17, 15) is 15.0 Å². The van der Waals surface area contributed by atoms with Crippen LogP contribution in [0.5, 0.6) is 0 Å². The minimum atomic E-state index is -0.308. The number of nitrogens with one attached hydrogen (secondary N) is 1. The summed E-state index contributed by atoms with van der Waals surface area (Å²) in [5.74, 6) is -0.151. The molecule has 1 aliphatic rings. The summed E-state index contributed by atoms with van der Waals surface area (Å²) in [7, 11) is 0. The molecule has 1 aliphatic carbocycles. The zero-order chi connectivity index (χ0) is 16.2. The Morgan fingerprint density at radius 2 is 2.09 bits per heavy atom. The van der Waals surface area contributed by atoms with Gasteiger partial charge >= 0.3 is 0 Å². The van der Waals surface area contributed by atoms with Crippen molar-refractivity contribution in [3.63, 3.8) is 0 Å². The van der Waals surface area contributed by atoms with Gasteiger partial charge in [-0.15, -0.1) is 0 Å². The van der Waals surface area contributed by atoms with E-state index in [0.29, 0.717) is 18.4 Å². The third-order valence-electron chi connectivity index (χ3n) is 4.15. The van der Waals surface area contributed by atoms with E-state index in [1.165, 1.54) is 6.20 Å². The molecular weight excluding hydrogens is 294 g/mol. The van der Waals surface area contributed by atoms with Crippen LogP contribution in [0.2, 0.25) is 0 Å². The van der Waals surface area contributed by atoms with Crippen LogP contribution in [0.15, 0.2) is 42.7 Å². The molecule has 2 aromatic rings. The van der Waals surface area contributed by atoms with Gasteiger partial charge < -0.3 is 15.5 Å². The van der Waals surface area contributed by atoms with Gasteiger partial charge in [-0.1, -0.05) is 6.07 Å². The van der Waals surface area contributed by atoms with Gasteiger partial charge in [0.1, 0.15) is 5.69 Å². The molecule has 3 N–H and O–H groups in total. The highest BCUT2D eigenvalue weighted by Crippen LogP contribution is 2.37. The van der Waals surface area contributed by atoms with Gasteiger partial charge in [0.2, 0.25) is 0 Å². The largest absolute Gasteiger partial charge is 0.393 e. The molecule has 0 aliphatic heterocycles. The lowest BCUT2D eigenvalue weighted by molar-refractivity contribution is 0.0227. The zero-order valence-electron chi connectivity index (χ0n) is 12.6. The van der Waals surface area contributed by atoms with Gasteiger partial charge in [0.25, 0.3) is 5.91 Å². The van der Waals surface area contributed by atoms with E-state index < -0.39 is 0 Å². The Morgan fingerprint density at radius 3 is 2.74 bits per heavy atom. The molecule has 0 saturated heterocycles. The first-order valence-corrected chi connectivity index (χ1v) is 7.63. The first-order chi connectivity index (χ1) is 11.2. The van der Waals surface area contributed by atoms with Crippen molar-refractivity contribution in [1.82, 2.24) is 15.3 Å². The summed E-state index contributed by atoms with van der Waals surface area (Å²) in [6.45, 7) is -0.138. The molecular formula is C17H19N3O3. The second-order valence-corrected chi connectivity index (χ2v) is 5.80. The Kier molecular flexibility index (Phi) is 4.64. The lowest BCUT2D eigenvalue weighted by Gasteiger charge is -2.37. The van der Waals surface area contributed by atoms with Crippen LogP contribution in [0.1, 0.15) is 40.6 Å². The Labute approximate surface area is 134 Å². The summed E-state index contributed by atoms with van der Waals surface area (Å²) in [4.78, 5) is 20.9. The smallest absolute Gasteiger partial charge is 0.270 e. The van der Waals surface area contributed by atoms with Gasteiger partial charge in [0.05, 0.1) is 24.4 Å². The van der Waals surface area contributed by atoms with Crippen molar-refractivity contribution in [2.45, 2.75) is 31.6 Å². The van der Waals surface area contributed by atoms with Crippen molar-refractivity contribution in [3.05, 3.63) is 59.7 Å². The fourth-order valence-corrected chi connectivity index (χ4v) is 2.81. The third-order valence-corrected chi connectivity index (χ3v) is 4.15. The molecule has 6 heteroatoms. The molecule has 2 heterocycles. The number of aliphatic hydroxyl groups excluding tert-OH is 2. The van der Waals surface area contributed by atoms with Crippen molar-refractivity contribution in [2.75, 3.05) is 0 Å². The van der Waals surface area contributed by atoms with Crippen LogP contribution in [-0.4, -0.2) is 32.2 Å². The predicted octanol–water partition coefficient (Wildman–Crippen LogP) is 1.21. The van der Waals surface area contributed by atoms with Gasteiger partial charge in [-0.05, 0) is 48.6 Å². The number of amides is 1. The van der Waals surface area contributed by atoms with Crippen LogP contribution in [0.3, 0.4) is 0 Å². The molecule has 2 aromatic heterocycles. The Morgan fingerprint density at radius 1 is 1.26 bits per heavy atom. The fourth-order valence-electron chi connectivity index (χ4n) is 2.81. The van der Waals surface area contributed by atoms with E-state index in [2.05, 4.69) is 15.3 Å². The second kappa shape index (κ2) is 6.85.